The molecule has 5 heteroatoms. The molecule has 0 saturated heterocycles. The van der Waals surface area contributed by atoms with Crippen LogP contribution in [0.2, 0.25) is 0 Å². The fourth-order valence-electron chi connectivity index (χ4n) is 3.39. The molecule has 1 aromatic heterocycles. The van der Waals surface area contributed by atoms with Gasteiger partial charge in [0.05, 0.1) is 5.52 Å². The molecule has 1 saturated carbocycles. The molecule has 0 bridgehead atoms. The Morgan fingerprint density at radius 2 is 2.10 bits per heavy atom. The van der Waals surface area contributed by atoms with Gasteiger partial charge in [0.2, 0.25) is 5.95 Å². The molecule has 1 unspecified atom stereocenters. The number of nitrogen functional groups attached to an aromatic ring is 1. The minimum atomic E-state index is -0.853. The molecule has 1 fully saturated rings. The molecule has 0 spiro atoms. The van der Waals surface area contributed by atoms with E-state index in [0.29, 0.717) is 5.52 Å². The number of rotatable bonds is 1. The van der Waals surface area contributed by atoms with Gasteiger partial charge in [-0.05, 0) is 36.8 Å². The van der Waals surface area contributed by atoms with Crippen LogP contribution in [0.4, 0.5) is 14.7 Å². The molecule has 2 N–H and O–H groups in total. The molecule has 0 amide bonds. The Morgan fingerprint density at radius 3 is 2.80 bits per heavy atom. The Kier molecular flexibility index (Phi) is 2.96. The first-order valence-electron chi connectivity index (χ1n) is 7.00. The van der Waals surface area contributed by atoms with Crippen molar-refractivity contribution in [3.8, 4) is 0 Å². The summed E-state index contributed by atoms with van der Waals surface area (Å²) in [6.07, 6.45) is 4.04. The molecule has 0 radical (unpaired) electrons. The van der Waals surface area contributed by atoms with E-state index in [2.05, 4.69) is 18.8 Å². The molecule has 3 rings (SSSR count). The van der Waals surface area contributed by atoms with Crippen molar-refractivity contribution < 1.29 is 8.78 Å². The standard InChI is InChI=1S/C15H19F2N3/c1-15(2)7-3-4-9(8-15)20-13-11(19-14(20)18)6-5-10(16)12(13)17/h5-6,9H,3-4,7-8H2,1-2H3,(H2,18,19). The van der Waals surface area contributed by atoms with E-state index in [-0.39, 0.29) is 22.9 Å². The van der Waals surface area contributed by atoms with E-state index in [4.69, 9.17) is 5.73 Å². The molecule has 1 aliphatic rings. The Bertz CT molecular complexity index is 661. The fraction of sp³-hybridized carbons (Fsp3) is 0.533. The van der Waals surface area contributed by atoms with Crippen LogP contribution in [-0.4, -0.2) is 9.55 Å². The molecule has 2 aromatic rings. The number of halogens is 2. The van der Waals surface area contributed by atoms with Crippen molar-refractivity contribution in [1.29, 1.82) is 0 Å². The smallest absolute Gasteiger partial charge is 0.201 e. The van der Waals surface area contributed by atoms with Crippen LogP contribution >= 0.6 is 0 Å². The zero-order valence-electron chi connectivity index (χ0n) is 11.8. The predicted molar refractivity (Wildman–Crippen MR) is 75.3 cm³/mol. The summed E-state index contributed by atoms with van der Waals surface area (Å²) in [5, 5.41) is 0. The zero-order valence-corrected chi connectivity index (χ0v) is 11.8. The molecular weight excluding hydrogens is 260 g/mol. The van der Waals surface area contributed by atoms with Crippen LogP contribution in [0.15, 0.2) is 12.1 Å². The summed E-state index contributed by atoms with van der Waals surface area (Å²) in [6.45, 7) is 4.40. The Morgan fingerprint density at radius 1 is 1.35 bits per heavy atom. The quantitative estimate of drug-likeness (QED) is 0.856. The minimum absolute atomic E-state index is 0.0834. The number of benzene rings is 1. The molecule has 0 aliphatic heterocycles. The van der Waals surface area contributed by atoms with Gasteiger partial charge in [0.15, 0.2) is 11.6 Å². The van der Waals surface area contributed by atoms with Gasteiger partial charge in [0, 0.05) is 6.04 Å². The lowest BCUT2D eigenvalue weighted by Gasteiger charge is -2.36. The fourth-order valence-corrected chi connectivity index (χ4v) is 3.39. The largest absolute Gasteiger partial charge is 0.369 e. The van der Waals surface area contributed by atoms with E-state index in [9.17, 15) is 8.78 Å². The van der Waals surface area contributed by atoms with Crippen LogP contribution in [0.3, 0.4) is 0 Å². The summed E-state index contributed by atoms with van der Waals surface area (Å²) >= 11 is 0. The first kappa shape index (κ1) is 13.3. The lowest BCUT2D eigenvalue weighted by molar-refractivity contribution is 0.186. The summed E-state index contributed by atoms with van der Waals surface area (Å²) in [5.41, 5.74) is 6.77. The summed E-state index contributed by atoms with van der Waals surface area (Å²) in [6, 6.07) is 2.66. The Labute approximate surface area is 116 Å². The summed E-state index contributed by atoms with van der Waals surface area (Å²) in [4.78, 5) is 4.17. The molecule has 20 heavy (non-hydrogen) atoms. The predicted octanol–water partition coefficient (Wildman–Crippen LogP) is 4.04. The summed E-state index contributed by atoms with van der Waals surface area (Å²) in [7, 11) is 0. The van der Waals surface area contributed by atoms with Crippen molar-refractivity contribution in [2.75, 3.05) is 5.73 Å². The second kappa shape index (κ2) is 4.43. The van der Waals surface area contributed by atoms with Crippen molar-refractivity contribution in [2.24, 2.45) is 5.41 Å². The maximum Gasteiger partial charge on any atom is 0.201 e. The number of hydrogen-bond donors (Lipinski definition) is 1. The third-order valence-electron chi connectivity index (χ3n) is 4.31. The third-order valence-corrected chi connectivity index (χ3v) is 4.31. The molecule has 1 heterocycles. The van der Waals surface area contributed by atoms with Gasteiger partial charge in [-0.3, -0.25) is 0 Å². The average Bonchev–Trinajstić information content (AvgIpc) is 2.70. The molecule has 1 aromatic carbocycles. The second-order valence-electron chi connectivity index (χ2n) is 6.48. The van der Waals surface area contributed by atoms with Crippen LogP contribution in [0.1, 0.15) is 45.6 Å². The van der Waals surface area contributed by atoms with E-state index in [1.165, 1.54) is 6.07 Å². The Hall–Kier alpha value is -1.65. The first-order chi connectivity index (χ1) is 9.39. The number of imidazole rings is 1. The summed E-state index contributed by atoms with van der Waals surface area (Å²) < 4.78 is 29.3. The van der Waals surface area contributed by atoms with Gasteiger partial charge in [0.25, 0.3) is 0 Å². The third kappa shape index (κ3) is 2.05. The van der Waals surface area contributed by atoms with E-state index in [0.717, 1.165) is 31.7 Å². The number of fused-ring (bicyclic) bond motifs is 1. The van der Waals surface area contributed by atoms with Crippen molar-refractivity contribution >= 4 is 17.0 Å². The van der Waals surface area contributed by atoms with Crippen molar-refractivity contribution in [1.82, 2.24) is 9.55 Å². The lowest BCUT2D eigenvalue weighted by atomic mass is 9.75. The zero-order chi connectivity index (χ0) is 14.5. The molecule has 1 atom stereocenters. The van der Waals surface area contributed by atoms with Crippen molar-refractivity contribution in [2.45, 2.75) is 45.6 Å². The van der Waals surface area contributed by atoms with Gasteiger partial charge in [0.1, 0.15) is 5.52 Å². The number of nitrogens with zero attached hydrogens (tertiary/aromatic N) is 2. The highest BCUT2D eigenvalue weighted by atomic mass is 19.2. The number of aromatic nitrogens is 2. The van der Waals surface area contributed by atoms with E-state index >= 15 is 0 Å². The minimum Gasteiger partial charge on any atom is -0.369 e. The highest BCUT2D eigenvalue weighted by Gasteiger charge is 2.31. The Balaban J connectivity index is 2.15. The van der Waals surface area contributed by atoms with Crippen LogP contribution < -0.4 is 5.73 Å². The second-order valence-corrected chi connectivity index (χ2v) is 6.48. The van der Waals surface area contributed by atoms with Crippen molar-refractivity contribution in [3.63, 3.8) is 0 Å². The first-order valence-corrected chi connectivity index (χ1v) is 7.00. The number of hydrogen-bond acceptors (Lipinski definition) is 2. The SMILES string of the molecule is CC1(C)CCCC(n2c(N)nc3ccc(F)c(F)c32)C1. The van der Waals surface area contributed by atoms with Gasteiger partial charge in [-0.25, -0.2) is 13.8 Å². The van der Waals surface area contributed by atoms with E-state index in [1.807, 2.05) is 0 Å². The van der Waals surface area contributed by atoms with E-state index < -0.39 is 11.6 Å². The highest BCUT2D eigenvalue weighted by Crippen LogP contribution is 2.43. The van der Waals surface area contributed by atoms with Crippen LogP contribution in [0.25, 0.3) is 11.0 Å². The topological polar surface area (TPSA) is 43.8 Å². The lowest BCUT2D eigenvalue weighted by Crippen LogP contribution is -2.26. The van der Waals surface area contributed by atoms with Gasteiger partial charge in [-0.1, -0.05) is 20.3 Å². The van der Waals surface area contributed by atoms with Gasteiger partial charge in [-0.15, -0.1) is 0 Å². The molecule has 1 aliphatic carbocycles. The van der Waals surface area contributed by atoms with Crippen LogP contribution in [0.5, 0.6) is 0 Å². The van der Waals surface area contributed by atoms with Gasteiger partial charge >= 0.3 is 0 Å². The van der Waals surface area contributed by atoms with E-state index in [1.54, 1.807) is 4.57 Å². The maximum absolute atomic E-state index is 14.1. The number of anilines is 1. The van der Waals surface area contributed by atoms with Crippen LogP contribution in [-0.2, 0) is 0 Å². The van der Waals surface area contributed by atoms with Gasteiger partial charge in [-0.2, -0.15) is 0 Å². The maximum atomic E-state index is 14.1. The highest BCUT2D eigenvalue weighted by molar-refractivity contribution is 5.79. The summed E-state index contributed by atoms with van der Waals surface area (Å²) in [5.74, 6) is -1.43. The van der Waals surface area contributed by atoms with Crippen molar-refractivity contribution in [3.05, 3.63) is 23.8 Å². The number of nitrogens with two attached hydrogens (primary N) is 1. The average molecular weight is 279 g/mol. The molecule has 108 valence electrons. The molecule has 3 nitrogen and oxygen atoms in total. The molecular formula is C15H19F2N3. The monoisotopic (exact) mass is 279 g/mol. The van der Waals surface area contributed by atoms with Crippen LogP contribution in [0, 0.1) is 17.0 Å². The van der Waals surface area contributed by atoms with Gasteiger partial charge < -0.3 is 10.3 Å². The normalized spacial score (nSPS) is 22.3.